The minimum absolute atomic E-state index is 0.167. The Kier molecular flexibility index (Phi) is 5.43. The maximum atomic E-state index is 13.5. The molecule has 1 aliphatic heterocycles. The quantitative estimate of drug-likeness (QED) is 0.407. The van der Waals surface area contributed by atoms with Crippen molar-refractivity contribution in [3.63, 3.8) is 0 Å². The fourth-order valence-electron chi connectivity index (χ4n) is 4.07. The number of amides is 1. The van der Waals surface area contributed by atoms with Crippen LogP contribution < -0.4 is 9.64 Å². The highest BCUT2D eigenvalue weighted by Crippen LogP contribution is 2.46. The maximum Gasteiger partial charge on any atom is 0.338 e. The SMILES string of the molecule is CCOC(=O)c1ccc(N2C(=O)c3[nH]nc(-c4ccc(OC)cc4)c3[C@@H]2c2cccs2)cc1. The summed E-state index contributed by atoms with van der Waals surface area (Å²) in [6.45, 7) is 2.07. The van der Waals surface area contributed by atoms with Crippen molar-refractivity contribution in [1.82, 2.24) is 10.2 Å². The van der Waals surface area contributed by atoms with E-state index < -0.39 is 0 Å². The second-order valence-electron chi connectivity index (χ2n) is 7.45. The second kappa shape index (κ2) is 8.55. The third kappa shape index (κ3) is 3.58. The summed E-state index contributed by atoms with van der Waals surface area (Å²) in [6.07, 6.45) is 0. The van der Waals surface area contributed by atoms with Crippen LogP contribution in [0.15, 0.2) is 66.0 Å². The summed E-state index contributed by atoms with van der Waals surface area (Å²) in [4.78, 5) is 28.3. The number of carbonyl (C=O) groups excluding carboxylic acids is 2. The molecule has 2 aromatic carbocycles. The van der Waals surface area contributed by atoms with Gasteiger partial charge in [-0.2, -0.15) is 5.10 Å². The van der Waals surface area contributed by atoms with Gasteiger partial charge < -0.3 is 9.47 Å². The molecule has 1 atom stereocenters. The Hall–Kier alpha value is -3.91. The van der Waals surface area contributed by atoms with Crippen molar-refractivity contribution in [1.29, 1.82) is 0 Å². The number of carbonyl (C=O) groups is 2. The van der Waals surface area contributed by atoms with Gasteiger partial charge in [0.15, 0.2) is 0 Å². The summed E-state index contributed by atoms with van der Waals surface area (Å²) in [5.41, 5.74) is 4.05. The number of H-pyrrole nitrogens is 1. The summed E-state index contributed by atoms with van der Waals surface area (Å²) >= 11 is 1.58. The van der Waals surface area contributed by atoms with Crippen LogP contribution in [0.2, 0.25) is 0 Å². The molecule has 8 heteroatoms. The van der Waals surface area contributed by atoms with E-state index in [2.05, 4.69) is 10.2 Å². The number of benzene rings is 2. The van der Waals surface area contributed by atoms with E-state index in [-0.39, 0.29) is 17.9 Å². The van der Waals surface area contributed by atoms with Crippen molar-refractivity contribution in [2.45, 2.75) is 13.0 Å². The van der Waals surface area contributed by atoms with Crippen LogP contribution in [0.4, 0.5) is 5.69 Å². The fourth-order valence-corrected chi connectivity index (χ4v) is 4.89. The van der Waals surface area contributed by atoms with Gasteiger partial charge >= 0.3 is 5.97 Å². The normalized spacial score (nSPS) is 14.9. The minimum Gasteiger partial charge on any atom is -0.497 e. The first-order valence-electron chi connectivity index (χ1n) is 10.5. The number of nitrogens with zero attached hydrogens (tertiary/aromatic N) is 2. The van der Waals surface area contributed by atoms with E-state index in [0.29, 0.717) is 23.6 Å². The van der Waals surface area contributed by atoms with E-state index in [4.69, 9.17) is 9.47 Å². The number of esters is 1. The predicted octanol–water partition coefficient (Wildman–Crippen LogP) is 5.07. The van der Waals surface area contributed by atoms with Crippen LogP contribution in [-0.2, 0) is 4.74 Å². The molecule has 166 valence electrons. The molecular weight excluding hydrogens is 438 g/mol. The molecule has 7 nitrogen and oxygen atoms in total. The number of thiophene rings is 1. The molecule has 1 N–H and O–H groups in total. The van der Waals surface area contributed by atoms with Crippen LogP contribution in [0.25, 0.3) is 11.3 Å². The van der Waals surface area contributed by atoms with Crippen LogP contribution in [0, 0.1) is 0 Å². The summed E-state index contributed by atoms with van der Waals surface area (Å²) in [5, 5.41) is 9.44. The van der Waals surface area contributed by atoms with Gasteiger partial charge in [-0.05, 0) is 66.9 Å². The molecule has 0 aliphatic carbocycles. The first-order valence-corrected chi connectivity index (χ1v) is 11.4. The topological polar surface area (TPSA) is 84.5 Å². The second-order valence-corrected chi connectivity index (χ2v) is 8.43. The van der Waals surface area contributed by atoms with E-state index in [9.17, 15) is 9.59 Å². The summed E-state index contributed by atoms with van der Waals surface area (Å²) in [7, 11) is 1.62. The lowest BCUT2D eigenvalue weighted by atomic mass is 10.0. The first-order chi connectivity index (χ1) is 16.1. The van der Waals surface area contributed by atoms with E-state index in [0.717, 1.165) is 27.4 Å². The lowest BCUT2D eigenvalue weighted by Crippen LogP contribution is -2.28. The van der Waals surface area contributed by atoms with Crippen molar-refractivity contribution in [2.75, 3.05) is 18.6 Å². The van der Waals surface area contributed by atoms with Gasteiger partial charge in [0.25, 0.3) is 5.91 Å². The van der Waals surface area contributed by atoms with Crippen LogP contribution in [0.1, 0.15) is 44.3 Å². The van der Waals surface area contributed by atoms with Gasteiger partial charge in [-0.3, -0.25) is 14.8 Å². The number of anilines is 1. The number of hydrogen-bond acceptors (Lipinski definition) is 6. The van der Waals surface area contributed by atoms with Gasteiger partial charge in [0, 0.05) is 21.7 Å². The number of ether oxygens (including phenoxy) is 2. The van der Waals surface area contributed by atoms with Crippen LogP contribution in [0.3, 0.4) is 0 Å². The highest BCUT2D eigenvalue weighted by molar-refractivity contribution is 7.10. The van der Waals surface area contributed by atoms with Crippen LogP contribution in [0.5, 0.6) is 5.75 Å². The minimum atomic E-state index is -0.386. The van der Waals surface area contributed by atoms with Crippen molar-refractivity contribution >= 4 is 28.9 Å². The molecular formula is C25H21N3O4S. The molecule has 2 aromatic heterocycles. The molecule has 4 aromatic rings. The van der Waals surface area contributed by atoms with Crippen molar-refractivity contribution in [3.8, 4) is 17.0 Å². The summed E-state index contributed by atoms with van der Waals surface area (Å²) < 4.78 is 10.3. The smallest absolute Gasteiger partial charge is 0.338 e. The van der Waals surface area contributed by atoms with Gasteiger partial charge in [-0.1, -0.05) is 6.07 Å². The molecule has 0 radical (unpaired) electrons. The Morgan fingerprint density at radius 3 is 2.52 bits per heavy atom. The summed E-state index contributed by atoms with van der Waals surface area (Å²) in [6, 6.07) is 18.2. The summed E-state index contributed by atoms with van der Waals surface area (Å²) in [5.74, 6) is 0.197. The molecule has 33 heavy (non-hydrogen) atoms. The molecule has 0 bridgehead atoms. The fraction of sp³-hybridized carbons (Fsp3) is 0.160. The third-order valence-electron chi connectivity index (χ3n) is 5.60. The zero-order chi connectivity index (χ0) is 22.9. The number of hydrogen-bond donors (Lipinski definition) is 1. The largest absolute Gasteiger partial charge is 0.497 e. The number of nitrogens with one attached hydrogen (secondary N) is 1. The number of aromatic nitrogens is 2. The predicted molar refractivity (Wildman–Crippen MR) is 126 cm³/mol. The molecule has 0 unspecified atom stereocenters. The first kappa shape index (κ1) is 21.0. The van der Waals surface area contributed by atoms with Gasteiger partial charge in [0.2, 0.25) is 0 Å². The average molecular weight is 460 g/mol. The third-order valence-corrected chi connectivity index (χ3v) is 6.53. The molecule has 0 saturated carbocycles. The van der Waals surface area contributed by atoms with E-state index >= 15 is 0 Å². The van der Waals surface area contributed by atoms with E-state index in [1.807, 2.05) is 41.8 Å². The number of methoxy groups -OCH3 is 1. The molecule has 0 saturated heterocycles. The molecule has 0 spiro atoms. The molecule has 1 amide bonds. The monoisotopic (exact) mass is 459 g/mol. The van der Waals surface area contributed by atoms with Crippen molar-refractivity contribution in [2.24, 2.45) is 0 Å². The number of rotatable bonds is 6. The molecule has 5 rings (SSSR count). The van der Waals surface area contributed by atoms with E-state index in [1.165, 1.54) is 0 Å². The Morgan fingerprint density at radius 1 is 1.12 bits per heavy atom. The number of fused-ring (bicyclic) bond motifs is 1. The van der Waals surface area contributed by atoms with Gasteiger partial charge in [0.05, 0.1) is 25.0 Å². The Balaban J connectivity index is 1.59. The molecule has 0 fully saturated rings. The Labute approximate surface area is 194 Å². The Bertz CT molecular complexity index is 1290. The van der Waals surface area contributed by atoms with Crippen LogP contribution in [-0.4, -0.2) is 35.8 Å². The highest BCUT2D eigenvalue weighted by atomic mass is 32.1. The lowest BCUT2D eigenvalue weighted by molar-refractivity contribution is 0.0526. The van der Waals surface area contributed by atoms with Gasteiger partial charge in [-0.15, -0.1) is 11.3 Å². The van der Waals surface area contributed by atoms with Gasteiger partial charge in [0.1, 0.15) is 17.5 Å². The van der Waals surface area contributed by atoms with Gasteiger partial charge in [-0.25, -0.2) is 4.79 Å². The maximum absolute atomic E-state index is 13.5. The average Bonchev–Trinajstić information content (AvgIpc) is 3.58. The van der Waals surface area contributed by atoms with Crippen molar-refractivity contribution < 1.29 is 19.1 Å². The standard InChI is InChI=1S/C25H21N3O4S/c1-3-32-25(30)16-6-10-17(11-7-16)28-23(19-5-4-14-33-19)20-21(26-27-22(20)24(28)29)15-8-12-18(31-2)13-9-15/h4-14,23H,3H2,1-2H3,(H,26,27)/t23-/m0/s1. The highest BCUT2D eigenvalue weighted by Gasteiger charge is 2.43. The molecule has 1 aliphatic rings. The lowest BCUT2D eigenvalue weighted by Gasteiger charge is -2.25. The van der Waals surface area contributed by atoms with Crippen LogP contribution >= 0.6 is 11.3 Å². The molecule has 3 heterocycles. The number of aromatic amines is 1. The zero-order valence-electron chi connectivity index (χ0n) is 18.1. The zero-order valence-corrected chi connectivity index (χ0v) is 18.9. The van der Waals surface area contributed by atoms with E-state index in [1.54, 1.807) is 54.5 Å². The Morgan fingerprint density at radius 2 is 1.88 bits per heavy atom. The van der Waals surface area contributed by atoms with Crippen molar-refractivity contribution in [3.05, 3.63) is 87.7 Å².